The van der Waals surface area contributed by atoms with Gasteiger partial charge in [0.05, 0.1) is 24.5 Å². The Bertz CT molecular complexity index is 440. The number of aryl methyl sites for hydroxylation is 1. The molecule has 0 aliphatic carbocycles. The molecule has 7 nitrogen and oxygen atoms in total. The molecule has 1 aromatic heterocycles. The summed E-state index contributed by atoms with van der Waals surface area (Å²) >= 11 is 0. The van der Waals surface area contributed by atoms with Crippen molar-refractivity contribution < 1.29 is 14.3 Å². The fraction of sp³-hybridized carbons (Fsp3) is 0.571. The molecule has 0 aromatic carbocycles. The van der Waals surface area contributed by atoms with Gasteiger partial charge in [0.2, 0.25) is 0 Å². The van der Waals surface area contributed by atoms with Gasteiger partial charge in [0.25, 0.3) is 5.91 Å². The summed E-state index contributed by atoms with van der Waals surface area (Å²) in [6, 6.07) is 1.73. The number of aromatic nitrogens is 1. The van der Waals surface area contributed by atoms with E-state index in [0.717, 1.165) is 18.5 Å². The van der Waals surface area contributed by atoms with Gasteiger partial charge in [-0.25, -0.2) is 0 Å². The molecule has 0 unspecified atom stereocenters. The Kier molecular flexibility index (Phi) is 8.34. The number of hydrogen-bond acceptors (Lipinski definition) is 6. The van der Waals surface area contributed by atoms with Crippen molar-refractivity contribution in [2.75, 3.05) is 38.9 Å². The van der Waals surface area contributed by atoms with E-state index in [4.69, 9.17) is 15.3 Å². The third-order valence-corrected chi connectivity index (χ3v) is 2.87. The molecule has 1 amide bonds. The molecule has 0 radical (unpaired) electrons. The van der Waals surface area contributed by atoms with Crippen molar-refractivity contribution in [1.82, 2.24) is 10.3 Å². The zero-order valence-electron chi connectivity index (χ0n) is 12.6. The summed E-state index contributed by atoms with van der Waals surface area (Å²) in [6.07, 6.45) is 3.26. The number of hydrogen-bond donors (Lipinski definition) is 3. The molecule has 0 atom stereocenters. The van der Waals surface area contributed by atoms with Crippen molar-refractivity contribution >= 4 is 11.6 Å². The largest absolute Gasteiger partial charge is 0.382 e. The maximum atomic E-state index is 12.0. The normalized spacial score (nSPS) is 10.4. The van der Waals surface area contributed by atoms with Crippen LogP contribution in [0.4, 0.5) is 5.69 Å². The quantitative estimate of drug-likeness (QED) is 0.336. The Morgan fingerprint density at radius 2 is 2.14 bits per heavy atom. The maximum Gasteiger partial charge on any atom is 0.255 e. The average molecular weight is 296 g/mol. The molecule has 1 rings (SSSR count). The van der Waals surface area contributed by atoms with Gasteiger partial charge in [0.1, 0.15) is 0 Å². The zero-order valence-corrected chi connectivity index (χ0v) is 12.6. The van der Waals surface area contributed by atoms with Crippen LogP contribution in [0.3, 0.4) is 0 Å². The third-order valence-electron chi connectivity index (χ3n) is 2.87. The molecule has 0 spiro atoms. The predicted molar refractivity (Wildman–Crippen MR) is 81.0 cm³/mol. The van der Waals surface area contributed by atoms with Gasteiger partial charge in [0, 0.05) is 32.2 Å². The lowest BCUT2D eigenvalue weighted by molar-refractivity contribution is 0.0686. The van der Waals surface area contributed by atoms with E-state index in [-0.39, 0.29) is 5.91 Å². The Morgan fingerprint density at radius 1 is 1.33 bits per heavy atom. The summed E-state index contributed by atoms with van der Waals surface area (Å²) in [5.41, 5.74) is 4.33. The van der Waals surface area contributed by atoms with E-state index in [1.165, 1.54) is 6.20 Å². The van der Waals surface area contributed by atoms with Crippen molar-refractivity contribution in [2.24, 2.45) is 5.84 Å². The highest BCUT2D eigenvalue weighted by molar-refractivity contribution is 5.99. The van der Waals surface area contributed by atoms with Gasteiger partial charge in [-0.1, -0.05) is 0 Å². The highest BCUT2D eigenvalue weighted by Gasteiger charge is 2.11. The van der Waals surface area contributed by atoms with Gasteiger partial charge in [-0.05, 0) is 25.8 Å². The van der Waals surface area contributed by atoms with Gasteiger partial charge >= 0.3 is 0 Å². The Morgan fingerprint density at radius 3 is 2.86 bits per heavy atom. The smallest absolute Gasteiger partial charge is 0.255 e. The molecule has 0 aliphatic heterocycles. The second-order valence-corrected chi connectivity index (χ2v) is 4.58. The fourth-order valence-corrected chi connectivity index (χ4v) is 1.73. The molecule has 1 heterocycles. The molecule has 118 valence electrons. The minimum atomic E-state index is -0.184. The topological polar surface area (TPSA) is 98.5 Å². The van der Waals surface area contributed by atoms with E-state index < -0.39 is 0 Å². The van der Waals surface area contributed by atoms with Crippen LogP contribution in [0.15, 0.2) is 12.3 Å². The van der Waals surface area contributed by atoms with Crippen LogP contribution in [-0.2, 0) is 9.47 Å². The molecule has 0 aliphatic rings. The van der Waals surface area contributed by atoms with Crippen molar-refractivity contribution in [3.63, 3.8) is 0 Å². The fourth-order valence-electron chi connectivity index (χ4n) is 1.73. The first-order chi connectivity index (χ1) is 10.2. The van der Waals surface area contributed by atoms with Crippen molar-refractivity contribution in [3.05, 3.63) is 23.5 Å². The Labute approximate surface area is 125 Å². The van der Waals surface area contributed by atoms with E-state index in [9.17, 15) is 4.79 Å². The summed E-state index contributed by atoms with van der Waals surface area (Å²) in [4.78, 5) is 16.1. The molecule has 4 N–H and O–H groups in total. The Balaban J connectivity index is 2.25. The molecule has 21 heavy (non-hydrogen) atoms. The molecule has 0 saturated heterocycles. The molecule has 0 bridgehead atoms. The number of nitrogens with two attached hydrogens (primary N) is 1. The van der Waals surface area contributed by atoms with E-state index >= 15 is 0 Å². The number of nitrogens with one attached hydrogen (secondary N) is 2. The van der Waals surface area contributed by atoms with Crippen molar-refractivity contribution in [1.29, 1.82) is 0 Å². The van der Waals surface area contributed by atoms with Crippen LogP contribution in [0.5, 0.6) is 0 Å². The Hall–Kier alpha value is -1.70. The summed E-state index contributed by atoms with van der Waals surface area (Å²) in [6.45, 7) is 4.30. The van der Waals surface area contributed by atoms with E-state index in [1.54, 1.807) is 13.2 Å². The van der Waals surface area contributed by atoms with Crippen LogP contribution in [0.1, 0.15) is 28.9 Å². The highest BCUT2D eigenvalue weighted by atomic mass is 16.5. The molecule has 0 saturated carbocycles. The lowest BCUT2D eigenvalue weighted by Crippen LogP contribution is -2.26. The number of nitrogen functional groups attached to an aromatic ring is 1. The maximum absolute atomic E-state index is 12.0. The molecule has 1 aromatic rings. The number of methoxy groups -OCH3 is 1. The first-order valence-electron chi connectivity index (χ1n) is 6.97. The van der Waals surface area contributed by atoms with Gasteiger partial charge in [-0.3, -0.25) is 15.6 Å². The highest BCUT2D eigenvalue weighted by Crippen LogP contribution is 2.14. The molecular weight excluding hydrogens is 272 g/mol. The average Bonchev–Trinajstić information content (AvgIpc) is 2.49. The summed E-state index contributed by atoms with van der Waals surface area (Å²) in [5, 5.41) is 2.84. The standard InChI is InChI=1S/C14H24N4O3/c1-11-9-13(18-15)12(10-17-11)14(19)16-5-3-4-6-21-8-7-20-2/h9-10H,3-8,15H2,1-2H3,(H,16,19)(H,17,18). The monoisotopic (exact) mass is 296 g/mol. The zero-order chi connectivity index (χ0) is 15.5. The third kappa shape index (κ3) is 6.52. The second kappa shape index (κ2) is 10.1. The SMILES string of the molecule is COCCOCCCCNC(=O)c1cnc(C)cc1NN. The van der Waals surface area contributed by atoms with E-state index in [1.807, 2.05) is 6.92 Å². The van der Waals surface area contributed by atoms with Crippen LogP contribution in [0, 0.1) is 6.92 Å². The van der Waals surface area contributed by atoms with Gasteiger partial charge in [-0.2, -0.15) is 0 Å². The van der Waals surface area contributed by atoms with Gasteiger partial charge in [0.15, 0.2) is 0 Å². The first kappa shape index (κ1) is 17.4. The minimum absolute atomic E-state index is 0.184. The van der Waals surface area contributed by atoms with Gasteiger partial charge in [-0.15, -0.1) is 0 Å². The number of pyridine rings is 1. The number of carbonyl (C=O) groups is 1. The number of unbranched alkanes of at least 4 members (excludes halogenated alkanes) is 1. The molecule has 0 fully saturated rings. The lowest BCUT2D eigenvalue weighted by Gasteiger charge is -2.10. The van der Waals surface area contributed by atoms with Crippen molar-refractivity contribution in [3.8, 4) is 0 Å². The minimum Gasteiger partial charge on any atom is -0.382 e. The van der Waals surface area contributed by atoms with Crippen LogP contribution in [0.25, 0.3) is 0 Å². The van der Waals surface area contributed by atoms with E-state index in [2.05, 4.69) is 15.7 Å². The van der Waals surface area contributed by atoms with Crippen LogP contribution in [0.2, 0.25) is 0 Å². The number of nitrogens with zero attached hydrogens (tertiary/aromatic N) is 1. The lowest BCUT2D eigenvalue weighted by atomic mass is 10.2. The summed E-state index contributed by atoms with van der Waals surface area (Å²) < 4.78 is 10.2. The number of carbonyl (C=O) groups excluding carboxylic acids is 1. The summed E-state index contributed by atoms with van der Waals surface area (Å²) in [5.74, 6) is 5.22. The first-order valence-corrected chi connectivity index (χ1v) is 6.97. The van der Waals surface area contributed by atoms with Gasteiger partial charge < -0.3 is 20.2 Å². The van der Waals surface area contributed by atoms with Crippen LogP contribution >= 0.6 is 0 Å². The predicted octanol–water partition coefficient (Wildman–Crippen LogP) is 0.849. The van der Waals surface area contributed by atoms with E-state index in [0.29, 0.717) is 37.6 Å². The van der Waals surface area contributed by atoms with Crippen LogP contribution in [-0.4, -0.2) is 44.4 Å². The number of hydrazine groups is 1. The molecule has 7 heteroatoms. The molecular formula is C14H24N4O3. The number of rotatable bonds is 10. The number of ether oxygens (including phenoxy) is 2. The number of anilines is 1. The summed E-state index contributed by atoms with van der Waals surface area (Å²) in [7, 11) is 1.64. The number of amides is 1. The second-order valence-electron chi connectivity index (χ2n) is 4.58. The van der Waals surface area contributed by atoms with Crippen LogP contribution < -0.4 is 16.6 Å². The van der Waals surface area contributed by atoms with Crippen molar-refractivity contribution in [2.45, 2.75) is 19.8 Å².